The van der Waals surface area contributed by atoms with Gasteiger partial charge in [-0.3, -0.25) is 14.0 Å². The number of hydrogen-bond acceptors (Lipinski definition) is 5. The number of halogens is 1. The van der Waals surface area contributed by atoms with Crippen molar-refractivity contribution < 1.29 is 4.79 Å². The van der Waals surface area contributed by atoms with E-state index < -0.39 is 0 Å². The number of imidazole rings is 1. The first-order valence-electron chi connectivity index (χ1n) is 9.72. The molecule has 3 aromatic heterocycles. The second-order valence-corrected chi connectivity index (χ2v) is 8.38. The van der Waals surface area contributed by atoms with E-state index in [1.807, 2.05) is 46.4 Å². The van der Waals surface area contributed by atoms with Gasteiger partial charge in [-0.1, -0.05) is 35.9 Å². The van der Waals surface area contributed by atoms with Gasteiger partial charge in [0, 0.05) is 45.7 Å². The van der Waals surface area contributed by atoms with Crippen molar-refractivity contribution in [3.8, 4) is 22.5 Å². The lowest BCUT2D eigenvalue weighted by molar-refractivity contribution is -0.117. The summed E-state index contributed by atoms with van der Waals surface area (Å²) in [6, 6.07) is 17.5. The monoisotopic (exact) mass is 461 g/mol. The maximum Gasteiger partial charge on any atom is 0.267 e. The molecule has 0 fully saturated rings. The summed E-state index contributed by atoms with van der Waals surface area (Å²) in [6.45, 7) is -0.195. The normalized spacial score (nSPS) is 11.0. The Hall–Kier alpha value is -3.75. The molecule has 5 aromatic rings. The highest BCUT2D eigenvalue weighted by atomic mass is 35.5. The Labute approximate surface area is 191 Å². The fourth-order valence-electron chi connectivity index (χ4n) is 3.26. The molecule has 7 nitrogen and oxygen atoms in total. The Morgan fingerprint density at radius 3 is 2.44 bits per heavy atom. The van der Waals surface area contributed by atoms with Crippen LogP contribution in [0.3, 0.4) is 0 Å². The van der Waals surface area contributed by atoms with Crippen LogP contribution in [-0.4, -0.2) is 25.1 Å². The van der Waals surface area contributed by atoms with Gasteiger partial charge in [0.1, 0.15) is 6.54 Å². The number of amides is 1. The van der Waals surface area contributed by atoms with Crippen LogP contribution in [0.5, 0.6) is 0 Å². The fourth-order valence-corrected chi connectivity index (χ4v) is 4.09. The number of nitrogens with zero attached hydrogens (tertiary/aromatic N) is 4. The molecule has 2 aromatic carbocycles. The molecule has 3 heterocycles. The number of rotatable bonds is 5. The van der Waals surface area contributed by atoms with Gasteiger partial charge >= 0.3 is 0 Å². The Morgan fingerprint density at radius 1 is 0.969 bits per heavy atom. The van der Waals surface area contributed by atoms with Crippen molar-refractivity contribution >= 4 is 39.5 Å². The van der Waals surface area contributed by atoms with Crippen LogP contribution in [0.25, 0.3) is 27.5 Å². The number of nitrogens with one attached hydrogen (secondary N) is 1. The van der Waals surface area contributed by atoms with Crippen molar-refractivity contribution in [1.82, 2.24) is 19.2 Å². The van der Waals surface area contributed by atoms with Crippen molar-refractivity contribution in [3.63, 3.8) is 0 Å². The molecule has 5 rings (SSSR count). The van der Waals surface area contributed by atoms with Crippen LogP contribution in [0.1, 0.15) is 0 Å². The molecule has 0 atom stereocenters. The van der Waals surface area contributed by atoms with Crippen molar-refractivity contribution in [2.75, 3.05) is 5.32 Å². The third-order valence-corrected chi connectivity index (χ3v) is 5.88. The zero-order valence-electron chi connectivity index (χ0n) is 16.6. The first-order valence-corrected chi connectivity index (χ1v) is 11.0. The summed E-state index contributed by atoms with van der Waals surface area (Å²) >= 11 is 7.50. The second-order valence-electron chi connectivity index (χ2n) is 7.07. The van der Waals surface area contributed by atoms with Gasteiger partial charge < -0.3 is 5.32 Å². The summed E-state index contributed by atoms with van der Waals surface area (Å²) in [5.41, 5.74) is 3.48. The Bertz CT molecular complexity index is 1440. The van der Waals surface area contributed by atoms with Crippen molar-refractivity contribution in [3.05, 3.63) is 93.8 Å². The van der Waals surface area contributed by atoms with Gasteiger partial charge in [0.15, 0.2) is 4.96 Å². The second kappa shape index (κ2) is 8.41. The Morgan fingerprint density at radius 2 is 1.69 bits per heavy atom. The molecule has 0 aliphatic carbocycles. The fraction of sp³-hybridized carbons (Fsp3) is 0.0435. The lowest BCUT2D eigenvalue weighted by atomic mass is 10.1. The highest BCUT2D eigenvalue weighted by Crippen LogP contribution is 2.23. The van der Waals surface area contributed by atoms with E-state index in [1.54, 1.807) is 41.7 Å². The summed E-state index contributed by atoms with van der Waals surface area (Å²) in [5.74, 6) is -0.344. The number of benzene rings is 2. The van der Waals surface area contributed by atoms with E-state index in [2.05, 4.69) is 15.4 Å². The molecule has 0 spiro atoms. The van der Waals surface area contributed by atoms with E-state index >= 15 is 0 Å². The summed E-state index contributed by atoms with van der Waals surface area (Å²) in [7, 11) is 0. The predicted molar refractivity (Wildman–Crippen MR) is 126 cm³/mol. The standard InChI is InChI=1S/C23H16ClN5O2S/c24-17-5-1-15(2-6-17)19-9-10-22(31)29(27-19)14-21(30)25-18-7-3-16(4-8-18)20-13-28-11-12-32-23(28)26-20/h1-13H,14H2,(H,25,30). The maximum absolute atomic E-state index is 12.5. The van der Waals surface area contributed by atoms with Gasteiger partial charge in [-0.15, -0.1) is 11.3 Å². The molecular formula is C23H16ClN5O2S. The zero-order valence-corrected chi connectivity index (χ0v) is 18.2. The maximum atomic E-state index is 12.5. The van der Waals surface area contributed by atoms with E-state index in [1.165, 1.54) is 6.07 Å². The zero-order chi connectivity index (χ0) is 22.1. The van der Waals surface area contributed by atoms with Gasteiger partial charge in [-0.2, -0.15) is 5.10 Å². The van der Waals surface area contributed by atoms with Gasteiger partial charge in [0.25, 0.3) is 5.56 Å². The predicted octanol–water partition coefficient (Wildman–Crippen LogP) is 4.58. The smallest absolute Gasteiger partial charge is 0.267 e. The largest absolute Gasteiger partial charge is 0.324 e. The van der Waals surface area contributed by atoms with E-state index in [0.29, 0.717) is 16.4 Å². The van der Waals surface area contributed by atoms with E-state index in [-0.39, 0.29) is 18.0 Å². The third-order valence-electron chi connectivity index (χ3n) is 4.86. The van der Waals surface area contributed by atoms with Crippen LogP contribution in [0.2, 0.25) is 5.02 Å². The molecule has 0 saturated heterocycles. The van der Waals surface area contributed by atoms with Crippen LogP contribution < -0.4 is 10.9 Å². The van der Waals surface area contributed by atoms with E-state index in [9.17, 15) is 9.59 Å². The van der Waals surface area contributed by atoms with E-state index in [4.69, 9.17) is 11.6 Å². The van der Waals surface area contributed by atoms with Crippen LogP contribution in [0, 0.1) is 0 Å². The molecule has 0 aliphatic rings. The number of anilines is 1. The summed E-state index contributed by atoms with van der Waals surface area (Å²) in [4.78, 5) is 30.2. The number of fused-ring (bicyclic) bond motifs is 1. The molecule has 0 bridgehead atoms. The quantitative estimate of drug-likeness (QED) is 0.415. The summed E-state index contributed by atoms with van der Waals surface area (Å²) in [5, 5.41) is 9.71. The van der Waals surface area contributed by atoms with Crippen LogP contribution in [-0.2, 0) is 11.3 Å². The molecule has 0 unspecified atom stereocenters. The van der Waals surface area contributed by atoms with Gasteiger partial charge in [-0.05, 0) is 30.3 Å². The minimum atomic E-state index is -0.354. The molecule has 32 heavy (non-hydrogen) atoms. The third kappa shape index (κ3) is 4.18. The van der Waals surface area contributed by atoms with Crippen molar-refractivity contribution in [1.29, 1.82) is 0 Å². The number of hydrogen-bond donors (Lipinski definition) is 1. The summed E-state index contributed by atoms with van der Waals surface area (Å²) < 4.78 is 3.12. The molecule has 0 saturated carbocycles. The van der Waals surface area contributed by atoms with Crippen LogP contribution >= 0.6 is 22.9 Å². The minimum absolute atomic E-state index is 0.195. The highest BCUT2D eigenvalue weighted by molar-refractivity contribution is 7.15. The molecule has 9 heteroatoms. The van der Waals surface area contributed by atoms with Gasteiger partial charge in [0.2, 0.25) is 5.91 Å². The number of carbonyl (C=O) groups excluding carboxylic acids is 1. The molecular weight excluding hydrogens is 446 g/mol. The van der Waals surface area contributed by atoms with Gasteiger partial charge in [0.05, 0.1) is 11.4 Å². The molecule has 0 radical (unpaired) electrons. The van der Waals surface area contributed by atoms with Crippen molar-refractivity contribution in [2.45, 2.75) is 6.54 Å². The van der Waals surface area contributed by atoms with E-state index in [0.717, 1.165) is 26.5 Å². The average Bonchev–Trinajstić information content (AvgIpc) is 3.39. The van der Waals surface area contributed by atoms with Crippen molar-refractivity contribution in [2.24, 2.45) is 0 Å². The minimum Gasteiger partial charge on any atom is -0.324 e. The number of thiazole rings is 1. The molecule has 1 N–H and O–H groups in total. The lowest BCUT2D eigenvalue weighted by Gasteiger charge is -2.09. The SMILES string of the molecule is O=C(Cn1nc(-c2ccc(Cl)cc2)ccc1=O)Nc1ccc(-c2cn3ccsc3n2)cc1. The Balaban J connectivity index is 1.29. The molecule has 1 amide bonds. The topological polar surface area (TPSA) is 81.3 Å². The first-order chi connectivity index (χ1) is 15.5. The first kappa shape index (κ1) is 20.2. The van der Waals surface area contributed by atoms with Gasteiger partial charge in [-0.25, -0.2) is 9.67 Å². The molecule has 0 aliphatic heterocycles. The number of aromatic nitrogens is 4. The van der Waals surface area contributed by atoms with Crippen LogP contribution in [0.15, 0.2) is 83.2 Å². The highest BCUT2D eigenvalue weighted by Gasteiger charge is 2.10. The number of carbonyl (C=O) groups is 1. The Kier molecular flexibility index (Phi) is 5.30. The molecule has 158 valence electrons. The summed E-state index contributed by atoms with van der Waals surface area (Å²) in [6.07, 6.45) is 3.92. The lowest BCUT2D eigenvalue weighted by Crippen LogP contribution is -2.29. The van der Waals surface area contributed by atoms with Crippen LogP contribution in [0.4, 0.5) is 5.69 Å². The average molecular weight is 462 g/mol.